The zero-order chi connectivity index (χ0) is 22.1. The Kier molecular flexibility index (Phi) is 5.79. The van der Waals surface area contributed by atoms with E-state index in [4.69, 9.17) is 9.72 Å². The number of hydrogen-bond acceptors (Lipinski definition) is 8. The van der Waals surface area contributed by atoms with Crippen molar-refractivity contribution in [2.75, 3.05) is 42.6 Å². The molecule has 0 bridgehead atoms. The Morgan fingerprint density at radius 3 is 2.75 bits per heavy atom. The molecule has 1 aromatic carbocycles. The Morgan fingerprint density at radius 1 is 1.19 bits per heavy atom. The first-order chi connectivity index (χ1) is 15.6. The molecule has 4 heterocycles. The van der Waals surface area contributed by atoms with Crippen LogP contribution in [0.5, 0.6) is 0 Å². The fraction of sp³-hybridized carbons (Fsp3) is 0.455. The van der Waals surface area contributed by atoms with Crippen molar-refractivity contribution >= 4 is 38.7 Å². The van der Waals surface area contributed by atoms with E-state index in [1.807, 2.05) is 35.2 Å². The van der Waals surface area contributed by atoms with E-state index in [9.17, 15) is 9.59 Å². The summed E-state index contributed by atoms with van der Waals surface area (Å²) in [6.45, 7) is 3.88. The summed E-state index contributed by atoms with van der Waals surface area (Å²) in [6.07, 6.45) is 1.67. The number of anilines is 2. The van der Waals surface area contributed by atoms with E-state index in [1.165, 1.54) is 11.3 Å². The van der Waals surface area contributed by atoms with Crippen LogP contribution in [0.3, 0.4) is 0 Å². The monoisotopic (exact) mass is 454 g/mol. The van der Waals surface area contributed by atoms with Gasteiger partial charge in [-0.15, -0.1) is 0 Å². The van der Waals surface area contributed by atoms with Gasteiger partial charge in [-0.05, 0) is 18.4 Å². The molecule has 1 atom stereocenters. The summed E-state index contributed by atoms with van der Waals surface area (Å²) in [5, 5.41) is 3.72. The maximum absolute atomic E-state index is 13.0. The van der Waals surface area contributed by atoms with Crippen LogP contribution in [0.4, 0.5) is 11.1 Å². The molecular formula is C22H26N6O3S. The molecule has 2 aliphatic rings. The number of benzene rings is 1. The van der Waals surface area contributed by atoms with Gasteiger partial charge in [0.05, 0.1) is 13.2 Å². The number of ether oxygens (including phenoxy) is 1. The molecule has 5 rings (SSSR count). The molecule has 1 N–H and O–H groups in total. The maximum Gasteiger partial charge on any atom is 0.282 e. The van der Waals surface area contributed by atoms with E-state index >= 15 is 0 Å². The summed E-state index contributed by atoms with van der Waals surface area (Å²) < 4.78 is 6.98. The number of carbonyl (C=O) groups excluding carboxylic acids is 1. The van der Waals surface area contributed by atoms with E-state index in [0.29, 0.717) is 54.3 Å². The molecule has 0 aliphatic carbocycles. The van der Waals surface area contributed by atoms with E-state index < -0.39 is 0 Å². The van der Waals surface area contributed by atoms with Gasteiger partial charge in [0.1, 0.15) is 6.04 Å². The van der Waals surface area contributed by atoms with Gasteiger partial charge < -0.3 is 19.9 Å². The minimum atomic E-state index is -0.290. The van der Waals surface area contributed by atoms with Crippen molar-refractivity contribution in [2.24, 2.45) is 7.05 Å². The lowest BCUT2D eigenvalue weighted by molar-refractivity contribution is -0.122. The maximum atomic E-state index is 13.0. The number of morpholine rings is 1. The molecule has 32 heavy (non-hydrogen) atoms. The van der Waals surface area contributed by atoms with Crippen molar-refractivity contribution in [3.8, 4) is 0 Å². The zero-order valence-corrected chi connectivity index (χ0v) is 18.8. The van der Waals surface area contributed by atoms with Gasteiger partial charge in [-0.1, -0.05) is 41.7 Å². The Labute approximate surface area is 189 Å². The van der Waals surface area contributed by atoms with Crippen molar-refractivity contribution in [1.29, 1.82) is 0 Å². The summed E-state index contributed by atoms with van der Waals surface area (Å²) in [7, 11) is 1.73. The molecule has 2 fully saturated rings. The molecular weight excluding hydrogens is 428 g/mol. The zero-order valence-electron chi connectivity index (χ0n) is 18.0. The first-order valence-electron chi connectivity index (χ1n) is 10.9. The predicted octanol–water partition coefficient (Wildman–Crippen LogP) is 1.51. The molecule has 9 nitrogen and oxygen atoms in total. The van der Waals surface area contributed by atoms with Crippen LogP contribution < -0.4 is 20.7 Å². The second kappa shape index (κ2) is 8.87. The highest BCUT2D eigenvalue weighted by Crippen LogP contribution is 2.32. The van der Waals surface area contributed by atoms with Crippen LogP contribution in [0.15, 0.2) is 35.1 Å². The molecule has 0 unspecified atom stereocenters. The minimum absolute atomic E-state index is 0.0134. The fourth-order valence-corrected chi connectivity index (χ4v) is 5.27. The first-order valence-corrected chi connectivity index (χ1v) is 11.7. The number of nitrogens with zero attached hydrogens (tertiary/aromatic N) is 5. The highest BCUT2D eigenvalue weighted by atomic mass is 32.1. The van der Waals surface area contributed by atoms with E-state index in [0.717, 1.165) is 24.9 Å². The average molecular weight is 455 g/mol. The number of fused-ring (bicyclic) bond motifs is 1. The van der Waals surface area contributed by atoms with E-state index in [2.05, 4.69) is 15.2 Å². The van der Waals surface area contributed by atoms with Crippen molar-refractivity contribution in [3.05, 3.63) is 46.2 Å². The summed E-state index contributed by atoms with van der Waals surface area (Å²) in [6, 6.07) is 9.58. The van der Waals surface area contributed by atoms with Gasteiger partial charge in [0, 0.05) is 33.2 Å². The van der Waals surface area contributed by atoms with Crippen LogP contribution >= 0.6 is 11.3 Å². The predicted molar refractivity (Wildman–Crippen MR) is 124 cm³/mol. The molecule has 1 amide bonds. The Hall–Kier alpha value is -2.98. The number of amides is 1. The SMILES string of the molecule is Cn1c(N2CCOCC2)nc2sc(N3CCC[C@@H]3C(=O)NCc3ccccc3)nc2c1=O. The molecule has 10 heteroatoms. The Bertz CT molecular complexity index is 1170. The third kappa shape index (κ3) is 3.95. The second-order valence-electron chi connectivity index (χ2n) is 8.08. The fourth-order valence-electron chi connectivity index (χ4n) is 4.27. The normalized spacial score (nSPS) is 19.0. The van der Waals surface area contributed by atoms with Gasteiger partial charge in [-0.3, -0.25) is 14.2 Å². The number of rotatable bonds is 5. The molecule has 0 saturated carbocycles. The second-order valence-corrected chi connectivity index (χ2v) is 9.04. The molecule has 2 aromatic heterocycles. The summed E-state index contributed by atoms with van der Waals surface area (Å²) in [5.41, 5.74) is 1.26. The summed E-state index contributed by atoms with van der Waals surface area (Å²) >= 11 is 1.38. The van der Waals surface area contributed by atoms with Crippen molar-refractivity contribution in [2.45, 2.75) is 25.4 Å². The Morgan fingerprint density at radius 2 is 1.97 bits per heavy atom. The van der Waals surface area contributed by atoms with Gasteiger partial charge >= 0.3 is 0 Å². The van der Waals surface area contributed by atoms with Crippen molar-refractivity contribution < 1.29 is 9.53 Å². The standard InChI is InChI=1S/C22H26N6O3S/c1-26-20(30)17-19(25-21(26)27-10-12-31-13-11-27)32-22(24-17)28-9-5-8-16(28)18(29)23-14-15-6-3-2-4-7-15/h2-4,6-7,16H,5,8-14H2,1H3,(H,23,29)/t16-/m1/s1. The number of carbonyl (C=O) groups is 1. The molecule has 2 aliphatic heterocycles. The van der Waals surface area contributed by atoms with Crippen LogP contribution in [-0.2, 0) is 23.1 Å². The summed E-state index contributed by atoms with van der Waals surface area (Å²) in [5.74, 6) is 0.625. The molecule has 0 spiro atoms. The number of nitrogens with one attached hydrogen (secondary N) is 1. The quantitative estimate of drug-likeness (QED) is 0.625. The van der Waals surface area contributed by atoms with Crippen LogP contribution in [0.2, 0.25) is 0 Å². The van der Waals surface area contributed by atoms with Crippen molar-refractivity contribution in [1.82, 2.24) is 19.9 Å². The van der Waals surface area contributed by atoms with Crippen molar-refractivity contribution in [3.63, 3.8) is 0 Å². The lowest BCUT2D eigenvalue weighted by Gasteiger charge is -2.28. The molecule has 2 saturated heterocycles. The number of thiazole rings is 1. The van der Waals surface area contributed by atoms with Gasteiger partial charge in [0.15, 0.2) is 15.5 Å². The Balaban J connectivity index is 1.39. The average Bonchev–Trinajstić information content (AvgIpc) is 3.48. The van der Waals surface area contributed by atoms with Gasteiger partial charge in [-0.2, -0.15) is 0 Å². The van der Waals surface area contributed by atoms with Crippen LogP contribution in [-0.4, -0.2) is 59.3 Å². The third-order valence-corrected chi connectivity index (χ3v) is 7.00. The summed E-state index contributed by atoms with van der Waals surface area (Å²) in [4.78, 5) is 40.0. The highest BCUT2D eigenvalue weighted by Gasteiger charge is 2.33. The van der Waals surface area contributed by atoms with Crippen LogP contribution in [0, 0.1) is 0 Å². The van der Waals surface area contributed by atoms with Crippen LogP contribution in [0.25, 0.3) is 10.3 Å². The number of aromatic nitrogens is 3. The highest BCUT2D eigenvalue weighted by molar-refractivity contribution is 7.21. The van der Waals surface area contributed by atoms with E-state index in [1.54, 1.807) is 11.6 Å². The largest absolute Gasteiger partial charge is 0.378 e. The van der Waals surface area contributed by atoms with Gasteiger partial charge in [0.2, 0.25) is 11.9 Å². The first kappa shape index (κ1) is 20.9. The molecule has 3 aromatic rings. The lowest BCUT2D eigenvalue weighted by atomic mass is 10.2. The van der Waals surface area contributed by atoms with Gasteiger partial charge in [0.25, 0.3) is 5.56 Å². The molecule has 0 radical (unpaired) electrons. The smallest absolute Gasteiger partial charge is 0.282 e. The third-order valence-electron chi connectivity index (χ3n) is 6.01. The van der Waals surface area contributed by atoms with E-state index in [-0.39, 0.29) is 17.5 Å². The topological polar surface area (TPSA) is 92.6 Å². The molecule has 168 valence electrons. The number of hydrogen-bond donors (Lipinski definition) is 1. The van der Waals surface area contributed by atoms with Crippen LogP contribution in [0.1, 0.15) is 18.4 Å². The van der Waals surface area contributed by atoms with Gasteiger partial charge in [-0.25, -0.2) is 9.97 Å². The minimum Gasteiger partial charge on any atom is -0.378 e. The lowest BCUT2D eigenvalue weighted by Crippen LogP contribution is -2.43.